The van der Waals surface area contributed by atoms with Crippen LogP contribution in [0.5, 0.6) is 0 Å². The molecule has 3 heteroatoms. The van der Waals surface area contributed by atoms with Crippen LogP contribution in [0.4, 0.5) is 0 Å². The van der Waals surface area contributed by atoms with Crippen LogP contribution >= 0.6 is 15.8 Å². The summed E-state index contributed by atoms with van der Waals surface area (Å²) in [6, 6.07) is 23.1. The topological polar surface area (TPSA) is 0 Å². The monoisotopic (exact) mass is 634 g/mol. The van der Waals surface area contributed by atoms with Crippen molar-refractivity contribution in [3.63, 3.8) is 0 Å². The van der Waals surface area contributed by atoms with Gasteiger partial charge in [0.15, 0.2) is 0 Å². The standard InChI is InChI=1S/2C18H27P.C2H4.Ni/c2*1-4-10-16(11-5-1)19(17-12-6-2-7-13-17)18-14-8-3-9-15-18;1-2;/h2*1,4-5,10-11,17-18H,2-3,6-9,12-15H2;1-2H2;. The SMILES string of the molecule is [CH2]1[CH2][Ni]1.c1ccc(P(C2CCCCC2)C2CCCCC2)cc1.c1ccc(P(C2CCCCC2)C2CCCCC2)cc1. The van der Waals surface area contributed by atoms with Crippen LogP contribution in [0.3, 0.4) is 0 Å². The van der Waals surface area contributed by atoms with Crippen LogP contribution in [0.15, 0.2) is 60.7 Å². The Morgan fingerprint density at radius 2 is 0.610 bits per heavy atom. The van der Waals surface area contributed by atoms with E-state index in [0.29, 0.717) is 0 Å². The average molecular weight is 636 g/mol. The minimum atomic E-state index is 0.108. The molecule has 0 radical (unpaired) electrons. The Bertz CT molecular complexity index is 809. The van der Waals surface area contributed by atoms with Crippen LogP contribution in [0.25, 0.3) is 0 Å². The van der Waals surface area contributed by atoms with Gasteiger partial charge in [0.05, 0.1) is 0 Å². The molecule has 230 valence electrons. The molecule has 1 saturated heterocycles. The predicted molar refractivity (Wildman–Crippen MR) is 183 cm³/mol. The Morgan fingerprint density at radius 1 is 0.366 bits per heavy atom. The molecule has 0 nitrogen and oxygen atoms in total. The van der Waals surface area contributed by atoms with E-state index in [1.54, 1.807) is 10.6 Å². The Hall–Kier alpha value is -0.206. The molecule has 0 bridgehead atoms. The summed E-state index contributed by atoms with van der Waals surface area (Å²) >= 11 is 1.88. The molecule has 2 aromatic rings. The summed E-state index contributed by atoms with van der Waals surface area (Å²) in [6.45, 7) is 0. The van der Waals surface area contributed by atoms with E-state index in [2.05, 4.69) is 60.7 Å². The predicted octanol–water partition coefficient (Wildman–Crippen LogP) is 11.8. The van der Waals surface area contributed by atoms with Gasteiger partial charge < -0.3 is 0 Å². The van der Waals surface area contributed by atoms with E-state index in [9.17, 15) is 0 Å². The largest absolute Gasteiger partial charge is 0.0690 e. The average Bonchev–Trinajstić information content (AvgIpc) is 3.95. The van der Waals surface area contributed by atoms with Crippen molar-refractivity contribution in [3.05, 3.63) is 60.7 Å². The molecular formula is C38H58NiP2. The van der Waals surface area contributed by atoms with E-state index in [-0.39, 0.29) is 15.8 Å². The van der Waals surface area contributed by atoms with Gasteiger partial charge in [0.25, 0.3) is 0 Å². The fourth-order valence-electron chi connectivity index (χ4n) is 8.08. The number of hydrogen-bond donors (Lipinski definition) is 0. The fourth-order valence-corrected chi connectivity index (χ4v) is 15.7. The molecule has 4 aliphatic carbocycles. The molecule has 5 aliphatic rings. The molecule has 2 aromatic carbocycles. The van der Waals surface area contributed by atoms with E-state index >= 15 is 0 Å². The van der Waals surface area contributed by atoms with Crippen LogP contribution in [0, 0.1) is 0 Å². The van der Waals surface area contributed by atoms with Gasteiger partial charge in [0.2, 0.25) is 0 Å². The number of rotatable bonds is 6. The van der Waals surface area contributed by atoms with Gasteiger partial charge in [-0.3, -0.25) is 0 Å². The molecule has 0 spiro atoms. The summed E-state index contributed by atoms with van der Waals surface area (Å²) in [7, 11) is 0.216. The van der Waals surface area contributed by atoms with Crippen LogP contribution in [0.1, 0.15) is 128 Å². The molecule has 5 fully saturated rings. The number of hydrogen-bond acceptors (Lipinski definition) is 0. The molecule has 0 atom stereocenters. The molecule has 4 saturated carbocycles. The van der Waals surface area contributed by atoms with Crippen molar-refractivity contribution >= 4 is 26.5 Å². The smallest absolute Gasteiger partial charge is 0.0166 e. The summed E-state index contributed by atoms with van der Waals surface area (Å²) in [6.07, 6.45) is 29.9. The molecule has 0 unspecified atom stereocenters. The first-order valence-electron chi connectivity index (χ1n) is 17.5. The second-order valence-electron chi connectivity index (χ2n) is 13.1. The second-order valence-corrected chi connectivity index (χ2v) is 20.2. The maximum absolute atomic E-state index is 2.43. The molecule has 7 rings (SSSR count). The molecule has 0 aromatic heterocycles. The minimum Gasteiger partial charge on any atom is -0.0690 e. The van der Waals surface area contributed by atoms with Gasteiger partial charge in [0, 0.05) is 0 Å². The van der Waals surface area contributed by atoms with Gasteiger partial charge in [-0.2, -0.15) is 0 Å². The van der Waals surface area contributed by atoms with Gasteiger partial charge in [-0.25, -0.2) is 0 Å². The fraction of sp³-hybridized carbons (Fsp3) is 0.684. The van der Waals surface area contributed by atoms with Crippen LogP contribution in [-0.2, 0) is 14.4 Å². The van der Waals surface area contributed by atoms with Crippen molar-refractivity contribution < 1.29 is 14.4 Å². The van der Waals surface area contributed by atoms with E-state index in [1.165, 1.54) is 139 Å². The van der Waals surface area contributed by atoms with Crippen molar-refractivity contribution in [1.29, 1.82) is 0 Å². The van der Waals surface area contributed by atoms with E-state index < -0.39 is 0 Å². The van der Waals surface area contributed by atoms with Crippen LogP contribution < -0.4 is 10.6 Å². The van der Waals surface area contributed by atoms with Gasteiger partial charge in [0.1, 0.15) is 0 Å². The van der Waals surface area contributed by atoms with Gasteiger partial charge >= 0.3 is 25.2 Å². The summed E-state index contributed by atoms with van der Waals surface area (Å²) < 4.78 is 0. The maximum Gasteiger partial charge on any atom is -0.0166 e. The number of benzene rings is 2. The van der Waals surface area contributed by atoms with E-state index in [4.69, 9.17) is 0 Å². The van der Waals surface area contributed by atoms with Gasteiger partial charge in [-0.05, 0) is 84.6 Å². The van der Waals surface area contributed by atoms with Crippen molar-refractivity contribution in [3.8, 4) is 0 Å². The third kappa shape index (κ3) is 10.7. The van der Waals surface area contributed by atoms with Crippen molar-refractivity contribution in [2.75, 3.05) is 0 Å². The van der Waals surface area contributed by atoms with Crippen molar-refractivity contribution in [2.45, 2.75) is 162 Å². The van der Waals surface area contributed by atoms with Gasteiger partial charge in [-0.15, -0.1) is 0 Å². The molecule has 1 aliphatic heterocycles. The zero-order valence-corrected chi connectivity index (χ0v) is 28.6. The quantitative estimate of drug-likeness (QED) is 0.219. The molecule has 1 heterocycles. The zero-order chi connectivity index (χ0) is 28.0. The second kappa shape index (κ2) is 18.6. The first-order valence-corrected chi connectivity index (χ1v) is 21.9. The van der Waals surface area contributed by atoms with Crippen LogP contribution in [-0.4, -0.2) is 22.6 Å². The molecular weight excluding hydrogens is 577 g/mol. The van der Waals surface area contributed by atoms with E-state index in [1.807, 2.05) is 14.4 Å². The van der Waals surface area contributed by atoms with Gasteiger partial charge in [-0.1, -0.05) is 154 Å². The molecule has 41 heavy (non-hydrogen) atoms. The summed E-state index contributed by atoms with van der Waals surface area (Å²) in [4.78, 5) is 0. The first-order chi connectivity index (χ1) is 20.4. The Balaban J connectivity index is 0.000000149. The summed E-state index contributed by atoms with van der Waals surface area (Å²) in [5.41, 5.74) is 4.15. The first kappa shape index (κ1) is 32.2. The van der Waals surface area contributed by atoms with E-state index in [0.717, 1.165) is 22.6 Å². The molecule has 0 N–H and O–H groups in total. The molecule has 0 amide bonds. The minimum absolute atomic E-state index is 0.108. The maximum atomic E-state index is 2.43. The van der Waals surface area contributed by atoms with Crippen molar-refractivity contribution in [1.82, 2.24) is 0 Å². The van der Waals surface area contributed by atoms with Crippen molar-refractivity contribution in [2.24, 2.45) is 0 Å². The summed E-state index contributed by atoms with van der Waals surface area (Å²) in [5, 5.41) is 6.28. The summed E-state index contributed by atoms with van der Waals surface area (Å²) in [5.74, 6) is 0. The normalized spacial score (nSPS) is 23.1. The Labute approximate surface area is 262 Å². The third-order valence-electron chi connectivity index (χ3n) is 10.1. The Morgan fingerprint density at radius 3 is 0.829 bits per heavy atom. The Kier molecular flexibility index (Phi) is 14.6. The van der Waals surface area contributed by atoms with Crippen LogP contribution in [0.2, 0.25) is 10.8 Å². The third-order valence-corrected chi connectivity index (χ3v) is 17.6. The zero-order valence-electron chi connectivity index (χ0n) is 25.8.